The topological polar surface area (TPSA) is 61.5 Å². The van der Waals surface area contributed by atoms with E-state index in [2.05, 4.69) is 17.5 Å². The van der Waals surface area contributed by atoms with Crippen molar-refractivity contribution in [2.45, 2.75) is 52.1 Å². The minimum atomic E-state index is -0.435. The Hall–Kier alpha value is -1.29. The van der Waals surface area contributed by atoms with Crippen molar-refractivity contribution in [3.8, 4) is 0 Å². The Labute approximate surface area is 109 Å². The van der Waals surface area contributed by atoms with E-state index in [-0.39, 0.29) is 11.9 Å². The smallest absolute Gasteiger partial charge is 0.310 e. The molecule has 0 aliphatic heterocycles. The van der Waals surface area contributed by atoms with E-state index in [0.29, 0.717) is 12.2 Å². The van der Waals surface area contributed by atoms with Gasteiger partial charge in [-0.15, -0.1) is 0 Å². The van der Waals surface area contributed by atoms with Crippen LogP contribution in [0.1, 0.15) is 46.5 Å². The summed E-state index contributed by atoms with van der Waals surface area (Å²) in [5.41, 5.74) is 0.647. The van der Waals surface area contributed by atoms with Gasteiger partial charge in [0.25, 0.3) is 0 Å². The normalized spacial score (nSPS) is 20.0. The molecule has 1 rings (SSSR count). The summed E-state index contributed by atoms with van der Waals surface area (Å²) < 4.78 is 5.30. The van der Waals surface area contributed by atoms with Crippen LogP contribution in [0.4, 0.5) is 0 Å². The van der Waals surface area contributed by atoms with Crippen LogP contribution in [0.15, 0.2) is 24.0 Å². The van der Waals surface area contributed by atoms with E-state index in [1.807, 2.05) is 20.8 Å². The maximum absolute atomic E-state index is 11.7. The minimum Gasteiger partial charge on any atom is -0.460 e. The molecule has 1 atom stereocenters. The number of hydrogen-bond acceptors (Lipinski definition) is 4. The van der Waals surface area contributed by atoms with Crippen molar-refractivity contribution >= 4 is 5.97 Å². The van der Waals surface area contributed by atoms with Gasteiger partial charge < -0.3 is 9.57 Å². The first-order chi connectivity index (χ1) is 8.31. The van der Waals surface area contributed by atoms with Gasteiger partial charge in [0.15, 0.2) is 0 Å². The highest BCUT2D eigenvalue weighted by atomic mass is 16.6. The predicted octanol–water partition coefficient (Wildman–Crippen LogP) is 2.85. The van der Waals surface area contributed by atoms with Gasteiger partial charge in [-0.1, -0.05) is 18.2 Å². The summed E-state index contributed by atoms with van der Waals surface area (Å²) in [4.78, 5) is 16.4. The summed E-state index contributed by atoms with van der Waals surface area (Å²) in [6, 6.07) is 0. The van der Waals surface area contributed by atoms with Gasteiger partial charge in [0.05, 0.1) is 6.42 Å². The third kappa shape index (κ3) is 4.92. The van der Waals surface area contributed by atoms with Gasteiger partial charge in [0.2, 0.25) is 0 Å². The van der Waals surface area contributed by atoms with Crippen molar-refractivity contribution in [2.75, 3.05) is 0 Å². The largest absolute Gasteiger partial charge is 0.460 e. The van der Waals surface area contributed by atoms with E-state index >= 15 is 0 Å². The first-order valence-electron chi connectivity index (χ1n) is 6.27. The molecule has 2 N–H and O–H groups in total. The van der Waals surface area contributed by atoms with Gasteiger partial charge in [-0.2, -0.15) is 5.90 Å². The van der Waals surface area contributed by atoms with Crippen molar-refractivity contribution in [1.82, 2.24) is 0 Å². The second-order valence-electron chi connectivity index (χ2n) is 5.69. The molecule has 0 heterocycles. The van der Waals surface area contributed by atoms with E-state index in [1.54, 1.807) is 0 Å². The molecule has 0 saturated heterocycles. The number of nitrogens with two attached hydrogens (primary N) is 1. The molecule has 0 amide bonds. The second-order valence-corrected chi connectivity index (χ2v) is 5.69. The van der Waals surface area contributed by atoms with Gasteiger partial charge in [-0.25, -0.2) is 0 Å². The number of esters is 1. The number of carbonyl (C=O) groups excluding carboxylic acids is 1. The number of hydrogen-bond donors (Lipinski definition) is 1. The van der Waals surface area contributed by atoms with Gasteiger partial charge in [0, 0.05) is 5.92 Å². The fraction of sp³-hybridized carbons (Fsp3) is 0.643. The number of allylic oxidation sites excluding steroid dienone is 2. The SMILES string of the molecule is C=C(ON)[C@@H]1CCC=C(CC(=O)OC(C)(C)C)C1. The highest BCUT2D eigenvalue weighted by molar-refractivity contribution is 5.72. The minimum absolute atomic E-state index is 0.186. The van der Waals surface area contributed by atoms with Gasteiger partial charge in [-0.3, -0.25) is 4.79 Å². The van der Waals surface area contributed by atoms with Crippen molar-refractivity contribution in [1.29, 1.82) is 0 Å². The monoisotopic (exact) mass is 253 g/mol. The third-order valence-corrected chi connectivity index (χ3v) is 2.85. The van der Waals surface area contributed by atoms with Crippen LogP contribution in [-0.2, 0) is 14.4 Å². The molecule has 0 saturated carbocycles. The Balaban J connectivity index is 2.50. The summed E-state index contributed by atoms with van der Waals surface area (Å²) in [7, 11) is 0. The summed E-state index contributed by atoms with van der Waals surface area (Å²) in [5.74, 6) is 5.73. The molecule has 0 radical (unpaired) electrons. The van der Waals surface area contributed by atoms with Crippen LogP contribution in [0.25, 0.3) is 0 Å². The maximum atomic E-state index is 11.7. The lowest BCUT2D eigenvalue weighted by Gasteiger charge is -2.24. The molecule has 0 aromatic heterocycles. The Kier molecular flexibility index (Phi) is 4.96. The van der Waals surface area contributed by atoms with Gasteiger partial charge in [0.1, 0.15) is 11.4 Å². The Bertz CT molecular complexity index is 353. The molecule has 102 valence electrons. The van der Waals surface area contributed by atoms with Crippen molar-refractivity contribution < 1.29 is 14.4 Å². The molecule has 0 fully saturated rings. The first-order valence-corrected chi connectivity index (χ1v) is 6.27. The maximum Gasteiger partial charge on any atom is 0.310 e. The third-order valence-electron chi connectivity index (χ3n) is 2.85. The van der Waals surface area contributed by atoms with E-state index in [4.69, 9.17) is 10.6 Å². The van der Waals surface area contributed by atoms with E-state index in [9.17, 15) is 4.79 Å². The van der Waals surface area contributed by atoms with Crippen molar-refractivity contribution in [2.24, 2.45) is 11.8 Å². The lowest BCUT2D eigenvalue weighted by atomic mass is 9.86. The van der Waals surface area contributed by atoms with Crippen LogP contribution < -0.4 is 5.90 Å². The number of ether oxygens (including phenoxy) is 1. The second kappa shape index (κ2) is 6.05. The molecule has 1 aliphatic carbocycles. The first kappa shape index (κ1) is 14.8. The molecule has 4 heteroatoms. The lowest BCUT2D eigenvalue weighted by molar-refractivity contribution is -0.153. The molecule has 4 nitrogen and oxygen atoms in total. The van der Waals surface area contributed by atoms with Crippen LogP contribution in [-0.4, -0.2) is 11.6 Å². The van der Waals surface area contributed by atoms with Gasteiger partial charge >= 0.3 is 5.97 Å². The number of carbonyl (C=O) groups is 1. The Morgan fingerprint density at radius 2 is 2.22 bits per heavy atom. The summed E-state index contributed by atoms with van der Waals surface area (Å²) >= 11 is 0. The zero-order chi connectivity index (χ0) is 13.8. The molecule has 0 aromatic carbocycles. The van der Waals surface area contributed by atoms with Crippen LogP contribution in [0.5, 0.6) is 0 Å². The molecule has 1 aliphatic rings. The summed E-state index contributed by atoms with van der Waals surface area (Å²) in [6.45, 7) is 9.38. The van der Waals surface area contributed by atoms with E-state index < -0.39 is 5.60 Å². The van der Waals surface area contributed by atoms with Crippen LogP contribution in [0, 0.1) is 5.92 Å². The average Bonchev–Trinajstić information content (AvgIpc) is 2.25. The molecule has 0 spiro atoms. The zero-order valence-corrected chi connectivity index (χ0v) is 11.5. The summed E-state index contributed by atoms with van der Waals surface area (Å²) in [5, 5.41) is 0. The standard InChI is InChI=1S/C14H23NO3/c1-10(18-15)12-7-5-6-11(8-12)9-13(16)17-14(2,3)4/h6,12H,1,5,7-9,15H2,2-4H3/t12-/m1/s1. The van der Waals surface area contributed by atoms with Crippen molar-refractivity contribution in [3.05, 3.63) is 24.0 Å². The van der Waals surface area contributed by atoms with E-state index in [0.717, 1.165) is 24.8 Å². The summed E-state index contributed by atoms with van der Waals surface area (Å²) in [6.07, 6.45) is 5.10. The predicted molar refractivity (Wildman–Crippen MR) is 70.3 cm³/mol. The highest BCUT2D eigenvalue weighted by Gasteiger charge is 2.23. The molecule has 0 aromatic rings. The number of rotatable bonds is 4. The molecule has 18 heavy (non-hydrogen) atoms. The fourth-order valence-electron chi connectivity index (χ4n) is 2.07. The highest BCUT2D eigenvalue weighted by Crippen LogP contribution is 2.31. The Morgan fingerprint density at radius 1 is 1.56 bits per heavy atom. The molecule has 0 bridgehead atoms. The zero-order valence-electron chi connectivity index (χ0n) is 11.5. The average molecular weight is 253 g/mol. The molecular formula is C14H23NO3. The van der Waals surface area contributed by atoms with E-state index in [1.165, 1.54) is 0 Å². The van der Waals surface area contributed by atoms with Crippen LogP contribution in [0.2, 0.25) is 0 Å². The Morgan fingerprint density at radius 3 is 2.78 bits per heavy atom. The van der Waals surface area contributed by atoms with Crippen LogP contribution >= 0.6 is 0 Å². The lowest BCUT2D eigenvalue weighted by Crippen LogP contribution is -2.24. The fourth-order valence-corrected chi connectivity index (χ4v) is 2.07. The molecular weight excluding hydrogens is 230 g/mol. The quantitative estimate of drug-likeness (QED) is 0.362. The van der Waals surface area contributed by atoms with Gasteiger partial charge in [-0.05, 0) is 40.0 Å². The van der Waals surface area contributed by atoms with Crippen LogP contribution in [0.3, 0.4) is 0 Å². The molecule has 0 unspecified atom stereocenters. The van der Waals surface area contributed by atoms with Crippen molar-refractivity contribution in [3.63, 3.8) is 0 Å².